The van der Waals surface area contributed by atoms with Gasteiger partial charge in [0, 0.05) is 18.7 Å². The number of hydrogen-bond acceptors (Lipinski definition) is 4. The number of rotatable bonds is 6. The van der Waals surface area contributed by atoms with E-state index in [0.717, 1.165) is 19.4 Å². The maximum absolute atomic E-state index is 10.6. The minimum atomic E-state index is -0.630. The van der Waals surface area contributed by atoms with E-state index in [-0.39, 0.29) is 5.69 Å². The summed E-state index contributed by atoms with van der Waals surface area (Å²) in [5.41, 5.74) is 0.745. The van der Waals surface area contributed by atoms with Crippen LogP contribution in [0.5, 0.6) is 0 Å². The molecule has 1 aliphatic carbocycles. The van der Waals surface area contributed by atoms with Gasteiger partial charge in [-0.2, -0.15) is 0 Å². The van der Waals surface area contributed by atoms with Gasteiger partial charge in [0.25, 0.3) is 5.69 Å². The molecular formula is C15H20N2O3. The summed E-state index contributed by atoms with van der Waals surface area (Å²) in [4.78, 5) is 10.1. The van der Waals surface area contributed by atoms with Crippen LogP contribution in [0.2, 0.25) is 0 Å². The van der Waals surface area contributed by atoms with Crippen LogP contribution in [-0.4, -0.2) is 23.1 Å². The highest BCUT2D eigenvalue weighted by Crippen LogP contribution is 2.19. The molecular weight excluding hydrogens is 256 g/mol. The highest BCUT2D eigenvalue weighted by molar-refractivity contribution is 5.33. The van der Waals surface area contributed by atoms with E-state index in [1.54, 1.807) is 12.1 Å². The zero-order valence-electron chi connectivity index (χ0n) is 11.4. The summed E-state index contributed by atoms with van der Waals surface area (Å²) in [6.07, 6.45) is 7.22. The molecule has 0 bridgehead atoms. The molecule has 1 aromatic carbocycles. The molecule has 0 amide bonds. The Morgan fingerprint density at radius 3 is 2.70 bits per heavy atom. The molecule has 1 aromatic rings. The zero-order valence-corrected chi connectivity index (χ0v) is 11.4. The van der Waals surface area contributed by atoms with E-state index in [2.05, 4.69) is 17.5 Å². The highest BCUT2D eigenvalue weighted by Gasteiger charge is 2.12. The third-order valence-electron chi connectivity index (χ3n) is 3.64. The second kappa shape index (κ2) is 7.17. The summed E-state index contributed by atoms with van der Waals surface area (Å²) in [5.74, 6) is 0.643. The van der Waals surface area contributed by atoms with Gasteiger partial charge >= 0.3 is 0 Å². The molecule has 0 saturated carbocycles. The Morgan fingerprint density at radius 1 is 1.35 bits per heavy atom. The molecule has 5 heteroatoms. The third-order valence-corrected chi connectivity index (χ3v) is 3.64. The van der Waals surface area contributed by atoms with Crippen molar-refractivity contribution in [3.05, 3.63) is 52.1 Å². The number of aliphatic hydroxyl groups is 1. The van der Waals surface area contributed by atoms with Crippen LogP contribution in [0.15, 0.2) is 36.4 Å². The van der Waals surface area contributed by atoms with Crippen molar-refractivity contribution in [3.8, 4) is 0 Å². The number of hydrogen-bond donors (Lipinski definition) is 2. The summed E-state index contributed by atoms with van der Waals surface area (Å²) in [6, 6.07) is 6.05. The van der Waals surface area contributed by atoms with Gasteiger partial charge in [-0.25, -0.2) is 0 Å². The molecule has 5 nitrogen and oxygen atoms in total. The Bertz CT molecular complexity index is 471. The van der Waals surface area contributed by atoms with Crippen molar-refractivity contribution in [1.82, 2.24) is 5.32 Å². The number of allylic oxidation sites excluding steroid dienone is 2. The number of nitro groups is 1. The second-order valence-corrected chi connectivity index (χ2v) is 5.17. The van der Waals surface area contributed by atoms with Gasteiger partial charge in [-0.15, -0.1) is 0 Å². The topological polar surface area (TPSA) is 75.4 Å². The molecule has 1 aliphatic rings. The van der Waals surface area contributed by atoms with Crippen LogP contribution in [0.1, 0.15) is 30.9 Å². The van der Waals surface area contributed by atoms with E-state index >= 15 is 0 Å². The lowest BCUT2D eigenvalue weighted by atomic mass is 9.94. The lowest BCUT2D eigenvalue weighted by Crippen LogP contribution is -2.27. The van der Waals surface area contributed by atoms with Crippen LogP contribution in [0, 0.1) is 16.0 Å². The van der Waals surface area contributed by atoms with Crippen molar-refractivity contribution >= 4 is 5.69 Å². The normalized spacial score (nSPS) is 19.8. The van der Waals surface area contributed by atoms with Crippen LogP contribution < -0.4 is 5.32 Å². The third kappa shape index (κ3) is 4.15. The summed E-state index contributed by atoms with van der Waals surface area (Å²) >= 11 is 0. The second-order valence-electron chi connectivity index (χ2n) is 5.17. The maximum Gasteiger partial charge on any atom is 0.269 e. The van der Waals surface area contributed by atoms with Crippen LogP contribution in [0.4, 0.5) is 5.69 Å². The smallest absolute Gasteiger partial charge is 0.269 e. The fourth-order valence-corrected chi connectivity index (χ4v) is 2.40. The molecule has 0 radical (unpaired) electrons. The first-order valence-corrected chi connectivity index (χ1v) is 6.95. The molecule has 2 unspecified atom stereocenters. The van der Waals surface area contributed by atoms with E-state index < -0.39 is 11.0 Å². The Hall–Kier alpha value is -1.72. The molecule has 0 spiro atoms. The predicted molar refractivity (Wildman–Crippen MR) is 77.4 cm³/mol. The first kappa shape index (κ1) is 14.7. The maximum atomic E-state index is 10.6. The monoisotopic (exact) mass is 276 g/mol. The van der Waals surface area contributed by atoms with Gasteiger partial charge in [-0.05, 0) is 49.4 Å². The molecule has 108 valence electrons. The van der Waals surface area contributed by atoms with Gasteiger partial charge in [0.05, 0.1) is 11.0 Å². The van der Waals surface area contributed by atoms with E-state index in [9.17, 15) is 15.2 Å². The standard InChI is InChI=1S/C15H20N2O3/c18-15(11-16-10-12-4-2-1-3-5-12)13-6-8-14(9-7-13)17(19)20/h1-2,6-9,12,15-16,18H,3-5,10-11H2. The fourth-order valence-electron chi connectivity index (χ4n) is 2.40. The predicted octanol–water partition coefficient (Wildman–Crippen LogP) is 2.57. The highest BCUT2D eigenvalue weighted by atomic mass is 16.6. The largest absolute Gasteiger partial charge is 0.387 e. The molecule has 2 rings (SSSR count). The fraction of sp³-hybridized carbons (Fsp3) is 0.467. The molecule has 0 aliphatic heterocycles. The van der Waals surface area contributed by atoms with Crippen molar-refractivity contribution in [1.29, 1.82) is 0 Å². The Kier molecular flexibility index (Phi) is 5.26. The molecule has 0 fully saturated rings. The van der Waals surface area contributed by atoms with Gasteiger partial charge in [0.1, 0.15) is 0 Å². The summed E-state index contributed by atoms with van der Waals surface area (Å²) in [6.45, 7) is 1.37. The summed E-state index contributed by atoms with van der Waals surface area (Å²) < 4.78 is 0. The number of nitrogens with one attached hydrogen (secondary N) is 1. The van der Waals surface area contributed by atoms with Crippen LogP contribution in [0.25, 0.3) is 0 Å². The number of nitrogens with zero attached hydrogens (tertiary/aromatic N) is 1. The average molecular weight is 276 g/mol. The quantitative estimate of drug-likeness (QED) is 0.475. The Balaban J connectivity index is 1.77. The molecule has 0 aromatic heterocycles. The van der Waals surface area contributed by atoms with Crippen molar-refractivity contribution < 1.29 is 10.0 Å². The minimum absolute atomic E-state index is 0.0444. The van der Waals surface area contributed by atoms with E-state index in [1.807, 2.05) is 0 Å². The number of non-ortho nitro benzene ring substituents is 1. The van der Waals surface area contributed by atoms with Crippen molar-refractivity contribution in [2.75, 3.05) is 13.1 Å². The molecule has 0 heterocycles. The number of nitro benzene ring substituents is 1. The molecule has 0 saturated heterocycles. The molecule has 20 heavy (non-hydrogen) atoms. The number of aliphatic hydroxyl groups excluding tert-OH is 1. The summed E-state index contributed by atoms with van der Waals surface area (Å²) in [7, 11) is 0. The van der Waals surface area contributed by atoms with Crippen molar-refractivity contribution in [2.45, 2.75) is 25.4 Å². The molecule has 2 N–H and O–H groups in total. The lowest BCUT2D eigenvalue weighted by molar-refractivity contribution is -0.384. The van der Waals surface area contributed by atoms with Crippen molar-refractivity contribution in [2.24, 2.45) is 5.92 Å². The van der Waals surface area contributed by atoms with Gasteiger partial charge in [0.15, 0.2) is 0 Å². The first-order chi connectivity index (χ1) is 9.66. The SMILES string of the molecule is O=[N+]([O-])c1ccc(C(O)CNCC2CC=CCC2)cc1. The number of benzene rings is 1. The van der Waals surface area contributed by atoms with E-state index in [4.69, 9.17) is 0 Å². The Morgan fingerprint density at radius 2 is 2.10 bits per heavy atom. The van der Waals surface area contributed by atoms with E-state index in [1.165, 1.54) is 18.6 Å². The minimum Gasteiger partial charge on any atom is -0.387 e. The lowest BCUT2D eigenvalue weighted by Gasteiger charge is -2.19. The van der Waals surface area contributed by atoms with Gasteiger partial charge in [-0.1, -0.05) is 12.2 Å². The molecule has 2 atom stereocenters. The van der Waals surface area contributed by atoms with Gasteiger partial charge in [0.2, 0.25) is 0 Å². The van der Waals surface area contributed by atoms with Gasteiger partial charge < -0.3 is 10.4 Å². The zero-order chi connectivity index (χ0) is 14.4. The van der Waals surface area contributed by atoms with Crippen LogP contribution in [0.3, 0.4) is 0 Å². The average Bonchev–Trinajstić information content (AvgIpc) is 2.48. The first-order valence-electron chi connectivity index (χ1n) is 6.95. The van der Waals surface area contributed by atoms with E-state index in [0.29, 0.717) is 18.0 Å². The summed E-state index contributed by atoms with van der Waals surface area (Å²) in [5, 5.41) is 23.9. The van der Waals surface area contributed by atoms with Crippen LogP contribution in [-0.2, 0) is 0 Å². The van der Waals surface area contributed by atoms with Crippen LogP contribution >= 0.6 is 0 Å². The van der Waals surface area contributed by atoms with Crippen molar-refractivity contribution in [3.63, 3.8) is 0 Å². The van der Waals surface area contributed by atoms with Gasteiger partial charge in [-0.3, -0.25) is 10.1 Å². The Labute approximate surface area is 118 Å².